The van der Waals surface area contributed by atoms with Gasteiger partial charge in [-0.3, -0.25) is 4.79 Å². The van der Waals surface area contributed by atoms with Gasteiger partial charge in [-0.15, -0.1) is 0 Å². The summed E-state index contributed by atoms with van der Waals surface area (Å²) in [7, 11) is 3.69. The summed E-state index contributed by atoms with van der Waals surface area (Å²) in [5.41, 5.74) is 5.36. The minimum atomic E-state index is -1.02. The maximum Gasteiger partial charge on any atom is 0.320 e. The van der Waals surface area contributed by atoms with Gasteiger partial charge in [0.1, 0.15) is 11.8 Å². The number of carboxylic acid groups (broad SMARTS) is 1. The van der Waals surface area contributed by atoms with Crippen molar-refractivity contribution in [1.82, 2.24) is 0 Å². The number of rotatable bonds is 4. The van der Waals surface area contributed by atoms with Gasteiger partial charge >= 0.3 is 5.97 Å². The molecule has 5 heteroatoms. The zero-order valence-corrected chi connectivity index (χ0v) is 8.23. The molecule has 1 heterocycles. The number of furan rings is 1. The molecular weight excluding hydrogens is 184 g/mol. The van der Waals surface area contributed by atoms with Crippen LogP contribution in [0, 0.1) is 0 Å². The molecule has 0 aliphatic carbocycles. The van der Waals surface area contributed by atoms with Crippen LogP contribution in [0.3, 0.4) is 0 Å². The highest BCUT2D eigenvalue weighted by molar-refractivity contribution is 5.73. The zero-order chi connectivity index (χ0) is 10.7. The largest absolute Gasteiger partial charge is 0.480 e. The Hall–Kier alpha value is -1.49. The lowest BCUT2D eigenvalue weighted by Crippen LogP contribution is -2.32. The van der Waals surface area contributed by atoms with Gasteiger partial charge in [-0.1, -0.05) is 0 Å². The van der Waals surface area contributed by atoms with Gasteiger partial charge in [0.2, 0.25) is 0 Å². The second kappa shape index (κ2) is 4.15. The summed E-state index contributed by atoms with van der Waals surface area (Å²) in [5.74, 6) is 0.258. The molecule has 0 radical (unpaired) electrons. The Labute approximate surface area is 82.1 Å². The molecular formula is C9H14N2O3. The second-order valence-corrected chi connectivity index (χ2v) is 3.28. The van der Waals surface area contributed by atoms with Crippen LogP contribution < -0.4 is 10.6 Å². The lowest BCUT2D eigenvalue weighted by atomic mass is 10.2. The molecule has 0 aliphatic rings. The molecule has 0 bridgehead atoms. The van der Waals surface area contributed by atoms with Crippen LogP contribution in [0.15, 0.2) is 16.5 Å². The third-order valence-corrected chi connectivity index (χ3v) is 1.83. The zero-order valence-electron chi connectivity index (χ0n) is 8.23. The molecule has 1 rings (SSSR count). The number of nitrogens with two attached hydrogens (primary N) is 1. The fraction of sp³-hybridized carbons (Fsp3) is 0.444. The van der Waals surface area contributed by atoms with E-state index in [0.717, 1.165) is 0 Å². The fourth-order valence-corrected chi connectivity index (χ4v) is 1.02. The first kappa shape index (κ1) is 10.6. The molecule has 0 saturated heterocycles. The van der Waals surface area contributed by atoms with E-state index in [4.69, 9.17) is 15.3 Å². The Morgan fingerprint density at radius 2 is 2.29 bits per heavy atom. The molecule has 0 fully saturated rings. The van der Waals surface area contributed by atoms with Crippen LogP contribution in [0.2, 0.25) is 0 Å². The first-order chi connectivity index (χ1) is 6.50. The van der Waals surface area contributed by atoms with Gasteiger partial charge in [-0.25, -0.2) is 0 Å². The lowest BCUT2D eigenvalue weighted by Gasteiger charge is -2.07. The van der Waals surface area contributed by atoms with Gasteiger partial charge in [0.15, 0.2) is 5.88 Å². The summed E-state index contributed by atoms with van der Waals surface area (Å²) in [6.07, 6.45) is 0.211. The van der Waals surface area contributed by atoms with E-state index < -0.39 is 12.0 Å². The Morgan fingerprint density at radius 1 is 1.64 bits per heavy atom. The van der Waals surface area contributed by atoms with E-state index in [1.54, 1.807) is 17.0 Å². The minimum Gasteiger partial charge on any atom is -0.480 e. The van der Waals surface area contributed by atoms with Crippen molar-refractivity contribution >= 4 is 11.9 Å². The average Bonchev–Trinajstić information content (AvgIpc) is 2.52. The second-order valence-electron chi connectivity index (χ2n) is 3.28. The highest BCUT2D eigenvalue weighted by atomic mass is 16.4. The predicted octanol–water partition coefficient (Wildman–Crippen LogP) is 0.300. The molecule has 0 aliphatic heterocycles. The SMILES string of the molecule is CN(C)c1ccc(CC(N)C(=O)O)o1. The van der Waals surface area contributed by atoms with Crippen molar-refractivity contribution in [2.24, 2.45) is 5.73 Å². The number of hydrogen-bond acceptors (Lipinski definition) is 4. The molecule has 1 atom stereocenters. The van der Waals surface area contributed by atoms with E-state index in [1.165, 1.54) is 0 Å². The summed E-state index contributed by atoms with van der Waals surface area (Å²) >= 11 is 0. The highest BCUT2D eigenvalue weighted by Crippen LogP contribution is 2.16. The molecule has 0 saturated carbocycles. The maximum absolute atomic E-state index is 10.5. The quantitative estimate of drug-likeness (QED) is 0.727. The van der Waals surface area contributed by atoms with Gasteiger partial charge in [-0.2, -0.15) is 0 Å². The number of carbonyl (C=O) groups is 1. The smallest absolute Gasteiger partial charge is 0.320 e. The van der Waals surface area contributed by atoms with Crippen molar-refractivity contribution in [1.29, 1.82) is 0 Å². The standard InChI is InChI=1S/C9H14N2O3/c1-11(2)8-4-3-6(14-8)5-7(10)9(12)13/h3-4,7H,5,10H2,1-2H3,(H,12,13). The van der Waals surface area contributed by atoms with E-state index >= 15 is 0 Å². The number of nitrogens with zero attached hydrogens (tertiary/aromatic N) is 1. The van der Waals surface area contributed by atoms with Crippen molar-refractivity contribution in [2.45, 2.75) is 12.5 Å². The Bertz CT molecular complexity index is 320. The summed E-state index contributed by atoms with van der Waals surface area (Å²) < 4.78 is 5.35. The monoisotopic (exact) mass is 198 g/mol. The molecule has 78 valence electrons. The van der Waals surface area contributed by atoms with Gasteiger partial charge in [-0.05, 0) is 6.07 Å². The van der Waals surface area contributed by atoms with Gasteiger partial charge in [0.25, 0.3) is 0 Å². The van der Waals surface area contributed by atoms with Crippen molar-refractivity contribution in [3.8, 4) is 0 Å². The number of carboxylic acids is 1. The minimum absolute atomic E-state index is 0.211. The van der Waals surface area contributed by atoms with Crippen molar-refractivity contribution in [3.63, 3.8) is 0 Å². The summed E-state index contributed by atoms with van der Waals surface area (Å²) in [6.45, 7) is 0. The molecule has 14 heavy (non-hydrogen) atoms. The van der Waals surface area contributed by atoms with Crippen LogP contribution in [0.25, 0.3) is 0 Å². The van der Waals surface area contributed by atoms with Crippen LogP contribution in [-0.2, 0) is 11.2 Å². The van der Waals surface area contributed by atoms with Crippen molar-refractivity contribution in [3.05, 3.63) is 17.9 Å². The Morgan fingerprint density at radius 3 is 2.71 bits per heavy atom. The van der Waals surface area contributed by atoms with Gasteiger partial charge < -0.3 is 20.2 Å². The van der Waals surface area contributed by atoms with Crippen molar-refractivity contribution in [2.75, 3.05) is 19.0 Å². The summed E-state index contributed by atoms with van der Waals surface area (Å²) in [6, 6.07) is 2.61. The van der Waals surface area contributed by atoms with Gasteiger partial charge in [0.05, 0.1) is 0 Å². The Kier molecular flexibility index (Phi) is 3.14. The van der Waals surface area contributed by atoms with E-state index in [1.807, 2.05) is 14.1 Å². The molecule has 5 nitrogen and oxygen atoms in total. The summed E-state index contributed by atoms with van der Waals surface area (Å²) in [4.78, 5) is 12.3. The highest BCUT2D eigenvalue weighted by Gasteiger charge is 2.14. The van der Waals surface area contributed by atoms with E-state index in [2.05, 4.69) is 0 Å². The predicted molar refractivity (Wildman–Crippen MR) is 52.4 cm³/mol. The number of aliphatic carboxylic acids is 1. The first-order valence-electron chi connectivity index (χ1n) is 4.25. The average molecular weight is 198 g/mol. The number of anilines is 1. The van der Waals surface area contributed by atoms with Gasteiger partial charge in [0, 0.05) is 26.6 Å². The number of hydrogen-bond donors (Lipinski definition) is 2. The topological polar surface area (TPSA) is 79.7 Å². The first-order valence-corrected chi connectivity index (χ1v) is 4.25. The maximum atomic E-state index is 10.5. The molecule has 0 aromatic carbocycles. The van der Waals surface area contributed by atoms with Crippen LogP contribution in [0.4, 0.5) is 5.88 Å². The van der Waals surface area contributed by atoms with Crippen LogP contribution in [0.5, 0.6) is 0 Å². The third-order valence-electron chi connectivity index (χ3n) is 1.83. The third kappa shape index (κ3) is 2.50. The molecule has 0 spiro atoms. The lowest BCUT2D eigenvalue weighted by molar-refractivity contribution is -0.138. The molecule has 1 aromatic rings. The molecule has 1 unspecified atom stereocenters. The molecule has 0 amide bonds. The normalized spacial score (nSPS) is 12.5. The Balaban J connectivity index is 2.64. The van der Waals surface area contributed by atoms with E-state index in [0.29, 0.717) is 11.6 Å². The van der Waals surface area contributed by atoms with E-state index in [-0.39, 0.29) is 6.42 Å². The van der Waals surface area contributed by atoms with Crippen LogP contribution in [-0.4, -0.2) is 31.2 Å². The van der Waals surface area contributed by atoms with Crippen LogP contribution in [0.1, 0.15) is 5.76 Å². The fourth-order valence-electron chi connectivity index (χ4n) is 1.02. The van der Waals surface area contributed by atoms with E-state index in [9.17, 15) is 4.79 Å². The molecule has 3 N–H and O–H groups in total. The van der Waals surface area contributed by atoms with Crippen LogP contribution >= 0.6 is 0 Å². The molecule has 1 aromatic heterocycles. The van der Waals surface area contributed by atoms with Crippen molar-refractivity contribution < 1.29 is 14.3 Å². The summed E-state index contributed by atoms with van der Waals surface area (Å²) in [5, 5.41) is 8.58.